The third-order valence-electron chi connectivity index (χ3n) is 5.47. The summed E-state index contributed by atoms with van der Waals surface area (Å²) in [7, 11) is 0. The molecule has 1 saturated heterocycles. The third-order valence-corrected chi connectivity index (χ3v) is 5.47. The molecule has 6 heteroatoms. The first-order valence-corrected chi connectivity index (χ1v) is 9.86. The Morgan fingerprint density at radius 2 is 1.86 bits per heavy atom. The van der Waals surface area contributed by atoms with Crippen molar-refractivity contribution in [2.75, 3.05) is 13.1 Å². The van der Waals surface area contributed by atoms with E-state index in [-0.39, 0.29) is 11.3 Å². The summed E-state index contributed by atoms with van der Waals surface area (Å²) < 4.78 is 5.23. The van der Waals surface area contributed by atoms with Gasteiger partial charge in [-0.15, -0.1) is 0 Å². The first-order valence-electron chi connectivity index (χ1n) is 9.86. The first kappa shape index (κ1) is 20.4. The largest absolute Gasteiger partial charge is 0.444 e. The van der Waals surface area contributed by atoms with Crippen molar-refractivity contribution in [3.8, 4) is 0 Å². The summed E-state index contributed by atoms with van der Waals surface area (Å²) in [5.74, 6) is -0.272. The summed E-state index contributed by atoms with van der Waals surface area (Å²) in [6.45, 7) is 7.92. The highest BCUT2D eigenvalue weighted by Gasteiger charge is 2.41. The Kier molecular flexibility index (Phi) is 5.53. The Bertz CT molecular complexity index is 771. The highest BCUT2D eigenvalue weighted by atomic mass is 16.6. The SMILES string of the molecule is C[C@@H](O)[C@H](NC(=O)OC(C)(C)C)C(=O)N1CCC2(C=Cc3ccccc32)CC1. The molecule has 1 aliphatic heterocycles. The van der Waals surface area contributed by atoms with Gasteiger partial charge < -0.3 is 20.1 Å². The fourth-order valence-corrected chi connectivity index (χ4v) is 4.02. The molecule has 2 amide bonds. The molecule has 1 aromatic carbocycles. The Labute approximate surface area is 166 Å². The number of aliphatic hydroxyl groups is 1. The zero-order chi connectivity index (χ0) is 20.5. The molecule has 2 N–H and O–H groups in total. The van der Waals surface area contributed by atoms with Gasteiger partial charge in [0.15, 0.2) is 0 Å². The van der Waals surface area contributed by atoms with Gasteiger partial charge >= 0.3 is 6.09 Å². The maximum Gasteiger partial charge on any atom is 0.408 e. The number of amides is 2. The van der Waals surface area contributed by atoms with Gasteiger partial charge in [-0.05, 0) is 51.7 Å². The molecular weight excluding hydrogens is 356 g/mol. The molecule has 1 heterocycles. The zero-order valence-corrected chi connectivity index (χ0v) is 17.1. The molecule has 0 unspecified atom stereocenters. The second-order valence-electron chi connectivity index (χ2n) is 8.77. The minimum absolute atomic E-state index is 0.0215. The van der Waals surface area contributed by atoms with Gasteiger partial charge in [-0.25, -0.2) is 4.79 Å². The molecule has 0 saturated carbocycles. The van der Waals surface area contributed by atoms with Crippen molar-refractivity contribution in [2.45, 2.75) is 63.7 Å². The minimum atomic E-state index is -1.02. The number of hydrogen-bond donors (Lipinski definition) is 2. The molecule has 1 aliphatic carbocycles. The second-order valence-corrected chi connectivity index (χ2v) is 8.77. The quantitative estimate of drug-likeness (QED) is 0.837. The molecule has 6 nitrogen and oxygen atoms in total. The normalized spacial score (nSPS) is 19.8. The van der Waals surface area contributed by atoms with E-state index in [1.807, 2.05) is 6.07 Å². The van der Waals surface area contributed by atoms with Crippen LogP contribution >= 0.6 is 0 Å². The molecule has 2 aliphatic rings. The number of carbonyl (C=O) groups is 2. The summed E-state index contributed by atoms with van der Waals surface area (Å²) >= 11 is 0. The van der Waals surface area contributed by atoms with Crippen LogP contribution in [0.5, 0.6) is 0 Å². The number of hydrogen-bond acceptors (Lipinski definition) is 4. The summed E-state index contributed by atoms with van der Waals surface area (Å²) in [4.78, 5) is 26.8. The van der Waals surface area contributed by atoms with Gasteiger partial charge in [0, 0.05) is 18.5 Å². The van der Waals surface area contributed by atoms with Crippen molar-refractivity contribution >= 4 is 18.1 Å². The fourth-order valence-electron chi connectivity index (χ4n) is 4.02. The lowest BCUT2D eigenvalue weighted by Crippen LogP contribution is -2.56. The molecule has 1 spiro atoms. The van der Waals surface area contributed by atoms with Crippen LogP contribution in [0.1, 0.15) is 51.7 Å². The molecule has 0 aromatic heterocycles. The molecule has 152 valence electrons. The van der Waals surface area contributed by atoms with E-state index < -0.39 is 23.8 Å². The van der Waals surface area contributed by atoms with E-state index in [0.717, 1.165) is 12.8 Å². The van der Waals surface area contributed by atoms with Gasteiger partial charge in [-0.2, -0.15) is 0 Å². The number of nitrogens with zero attached hydrogens (tertiary/aromatic N) is 1. The Hall–Kier alpha value is -2.34. The van der Waals surface area contributed by atoms with Gasteiger partial charge in [-0.1, -0.05) is 36.4 Å². The number of rotatable bonds is 3. The maximum atomic E-state index is 13.0. The zero-order valence-electron chi connectivity index (χ0n) is 17.1. The number of likely N-dealkylation sites (tertiary alicyclic amines) is 1. The van der Waals surface area contributed by atoms with Crippen LogP contribution in [0.4, 0.5) is 4.79 Å². The molecule has 3 rings (SSSR count). The van der Waals surface area contributed by atoms with Crippen LogP contribution in [-0.2, 0) is 14.9 Å². The predicted molar refractivity (Wildman–Crippen MR) is 108 cm³/mol. The summed E-state index contributed by atoms with van der Waals surface area (Å²) in [5, 5.41) is 12.6. The average Bonchev–Trinajstić information content (AvgIpc) is 2.97. The average molecular weight is 386 g/mol. The van der Waals surface area contributed by atoms with Gasteiger partial charge in [-0.3, -0.25) is 4.79 Å². The van der Waals surface area contributed by atoms with E-state index in [9.17, 15) is 14.7 Å². The van der Waals surface area contributed by atoms with E-state index >= 15 is 0 Å². The van der Waals surface area contributed by atoms with Gasteiger partial charge in [0.1, 0.15) is 11.6 Å². The molecular formula is C22H30N2O4. The van der Waals surface area contributed by atoms with E-state index in [1.165, 1.54) is 18.1 Å². The summed E-state index contributed by atoms with van der Waals surface area (Å²) in [6.07, 6.45) is 4.35. The van der Waals surface area contributed by atoms with E-state index in [0.29, 0.717) is 13.1 Å². The minimum Gasteiger partial charge on any atom is -0.444 e. The summed E-state index contributed by atoms with van der Waals surface area (Å²) in [6, 6.07) is 7.35. The molecule has 0 radical (unpaired) electrons. The van der Waals surface area contributed by atoms with Crippen molar-refractivity contribution < 1.29 is 19.4 Å². The topological polar surface area (TPSA) is 78.9 Å². The smallest absolute Gasteiger partial charge is 0.408 e. The van der Waals surface area contributed by atoms with E-state index in [4.69, 9.17) is 4.74 Å². The van der Waals surface area contributed by atoms with Crippen LogP contribution in [0.15, 0.2) is 30.3 Å². The van der Waals surface area contributed by atoms with Gasteiger partial charge in [0.25, 0.3) is 0 Å². The van der Waals surface area contributed by atoms with Gasteiger partial charge in [0.2, 0.25) is 5.91 Å². The number of fused-ring (bicyclic) bond motifs is 2. The third kappa shape index (κ3) is 4.22. The number of aliphatic hydroxyl groups excluding tert-OH is 1. The highest BCUT2D eigenvalue weighted by molar-refractivity contribution is 5.86. The lowest BCUT2D eigenvalue weighted by Gasteiger charge is -2.40. The molecule has 0 bridgehead atoms. The molecule has 2 atom stereocenters. The Balaban J connectivity index is 1.65. The molecule has 1 fully saturated rings. The molecule has 28 heavy (non-hydrogen) atoms. The number of benzene rings is 1. The molecule has 1 aromatic rings. The standard InChI is InChI=1S/C22H30N2O4/c1-15(25)18(23-20(27)28-21(2,3)4)19(26)24-13-11-22(12-14-24)10-9-16-7-5-6-8-17(16)22/h5-10,15,18,25H,11-14H2,1-4H3,(H,23,27)/t15-,18+/m1/s1. The lowest BCUT2D eigenvalue weighted by atomic mass is 9.74. The Morgan fingerprint density at radius 3 is 2.46 bits per heavy atom. The van der Waals surface area contributed by atoms with Crippen LogP contribution in [0.2, 0.25) is 0 Å². The number of carbonyl (C=O) groups excluding carboxylic acids is 2. The van der Waals surface area contributed by atoms with Crippen molar-refractivity contribution in [3.05, 3.63) is 41.5 Å². The number of allylic oxidation sites excluding steroid dienone is 1. The fraction of sp³-hybridized carbons (Fsp3) is 0.545. The van der Waals surface area contributed by atoms with E-state index in [1.54, 1.807) is 25.7 Å². The highest BCUT2D eigenvalue weighted by Crippen LogP contribution is 2.43. The number of ether oxygens (including phenoxy) is 1. The maximum absolute atomic E-state index is 13.0. The van der Waals surface area contributed by atoms with Crippen LogP contribution in [0.25, 0.3) is 6.08 Å². The Morgan fingerprint density at radius 1 is 1.21 bits per heavy atom. The van der Waals surface area contributed by atoms with Crippen molar-refractivity contribution in [2.24, 2.45) is 0 Å². The number of piperidine rings is 1. The predicted octanol–water partition coefficient (Wildman–Crippen LogP) is 2.85. The van der Waals surface area contributed by atoms with E-state index in [2.05, 4.69) is 35.7 Å². The number of alkyl carbamates (subject to hydrolysis) is 1. The van der Waals surface area contributed by atoms with Gasteiger partial charge in [0.05, 0.1) is 6.10 Å². The van der Waals surface area contributed by atoms with Crippen LogP contribution in [0.3, 0.4) is 0 Å². The van der Waals surface area contributed by atoms with Crippen molar-refractivity contribution in [3.63, 3.8) is 0 Å². The number of nitrogens with one attached hydrogen (secondary N) is 1. The monoisotopic (exact) mass is 386 g/mol. The lowest BCUT2D eigenvalue weighted by molar-refractivity contribution is -0.137. The van der Waals surface area contributed by atoms with Crippen LogP contribution in [-0.4, -0.2) is 52.8 Å². The second kappa shape index (κ2) is 7.59. The van der Waals surface area contributed by atoms with Crippen LogP contribution < -0.4 is 5.32 Å². The first-order chi connectivity index (χ1) is 13.1. The van der Waals surface area contributed by atoms with Crippen LogP contribution in [0, 0.1) is 0 Å². The summed E-state index contributed by atoms with van der Waals surface area (Å²) in [5.41, 5.74) is 1.87. The van der Waals surface area contributed by atoms with Crippen molar-refractivity contribution in [1.29, 1.82) is 0 Å². The van der Waals surface area contributed by atoms with Crippen molar-refractivity contribution in [1.82, 2.24) is 10.2 Å².